The third-order valence-corrected chi connectivity index (χ3v) is 3.74. The molecule has 2 atom stereocenters. The van der Waals surface area contributed by atoms with Gasteiger partial charge in [0.05, 0.1) is 18.8 Å². The first kappa shape index (κ1) is 11.5. The van der Waals surface area contributed by atoms with Gasteiger partial charge in [-0.25, -0.2) is 0 Å². The Kier molecular flexibility index (Phi) is 2.91. The van der Waals surface area contributed by atoms with Crippen molar-refractivity contribution < 1.29 is 9.53 Å². The number of fused-ring (bicyclic) bond motifs is 1. The minimum absolute atomic E-state index is 0.0899. The lowest BCUT2D eigenvalue weighted by atomic mass is 10.1. The quantitative estimate of drug-likeness (QED) is 0.798. The third kappa shape index (κ3) is 1.95. The highest BCUT2D eigenvalue weighted by Crippen LogP contribution is 2.30. The summed E-state index contributed by atoms with van der Waals surface area (Å²) in [6.45, 7) is 1.20. The van der Waals surface area contributed by atoms with Gasteiger partial charge in [0, 0.05) is 12.6 Å². The maximum atomic E-state index is 12.4. The summed E-state index contributed by atoms with van der Waals surface area (Å²) in [6.07, 6.45) is 3.30. The first-order chi connectivity index (χ1) is 8.75. The van der Waals surface area contributed by atoms with Crippen LogP contribution in [0.15, 0.2) is 23.0 Å². The van der Waals surface area contributed by atoms with E-state index in [0.717, 1.165) is 19.3 Å². The van der Waals surface area contributed by atoms with Crippen LogP contribution in [0.3, 0.4) is 0 Å². The smallest absolute Gasteiger partial charge is 0.270 e. The van der Waals surface area contributed by atoms with E-state index in [1.165, 1.54) is 6.07 Å². The van der Waals surface area contributed by atoms with Gasteiger partial charge in [-0.3, -0.25) is 9.59 Å². The summed E-state index contributed by atoms with van der Waals surface area (Å²) in [6, 6.07) is 4.85. The first-order valence-electron chi connectivity index (χ1n) is 6.37. The predicted octanol–water partition coefficient (Wildman–Crippen LogP) is 0.768. The highest BCUT2D eigenvalue weighted by molar-refractivity contribution is 5.92. The zero-order valence-electron chi connectivity index (χ0n) is 10.1. The summed E-state index contributed by atoms with van der Waals surface area (Å²) in [5.74, 6) is -0.0899. The van der Waals surface area contributed by atoms with Crippen molar-refractivity contribution in [2.45, 2.75) is 31.4 Å². The molecule has 1 aromatic rings. The molecular formula is C13H16N2O3. The molecule has 0 radical (unpaired) electrons. The van der Waals surface area contributed by atoms with Gasteiger partial charge in [0.1, 0.15) is 5.69 Å². The fraction of sp³-hybridized carbons (Fsp3) is 0.538. The normalized spacial score (nSPS) is 27.0. The second-order valence-electron chi connectivity index (χ2n) is 4.83. The third-order valence-electron chi connectivity index (χ3n) is 3.74. The van der Waals surface area contributed by atoms with Crippen molar-refractivity contribution in [3.05, 3.63) is 34.2 Å². The average molecular weight is 248 g/mol. The number of rotatable bonds is 1. The van der Waals surface area contributed by atoms with Crippen LogP contribution >= 0.6 is 0 Å². The van der Waals surface area contributed by atoms with Crippen LogP contribution in [-0.4, -0.2) is 41.1 Å². The van der Waals surface area contributed by atoms with Crippen molar-refractivity contribution in [3.63, 3.8) is 0 Å². The van der Waals surface area contributed by atoms with E-state index in [2.05, 4.69) is 4.98 Å². The molecule has 2 heterocycles. The Morgan fingerprint density at radius 1 is 1.39 bits per heavy atom. The van der Waals surface area contributed by atoms with Crippen molar-refractivity contribution in [1.29, 1.82) is 0 Å². The number of carbonyl (C=O) groups is 1. The average Bonchev–Trinajstić information content (AvgIpc) is 2.86. The zero-order chi connectivity index (χ0) is 12.5. The van der Waals surface area contributed by atoms with Gasteiger partial charge in [-0.15, -0.1) is 0 Å². The summed E-state index contributed by atoms with van der Waals surface area (Å²) < 4.78 is 5.68. The van der Waals surface area contributed by atoms with E-state index in [1.54, 1.807) is 12.1 Å². The minimum Gasteiger partial charge on any atom is -0.374 e. The summed E-state index contributed by atoms with van der Waals surface area (Å²) >= 11 is 0. The number of H-pyrrole nitrogens is 1. The van der Waals surface area contributed by atoms with E-state index >= 15 is 0 Å². The van der Waals surface area contributed by atoms with Crippen molar-refractivity contribution in [3.8, 4) is 0 Å². The van der Waals surface area contributed by atoms with Crippen LogP contribution in [0.2, 0.25) is 0 Å². The van der Waals surface area contributed by atoms with Gasteiger partial charge in [0.15, 0.2) is 0 Å². The number of carbonyl (C=O) groups excluding carboxylic acids is 1. The molecule has 1 saturated carbocycles. The Labute approximate surface area is 105 Å². The molecule has 1 N–H and O–H groups in total. The van der Waals surface area contributed by atoms with Crippen molar-refractivity contribution >= 4 is 5.91 Å². The van der Waals surface area contributed by atoms with Crippen LogP contribution < -0.4 is 5.56 Å². The summed E-state index contributed by atoms with van der Waals surface area (Å²) in [4.78, 5) is 28.1. The number of aromatic nitrogens is 1. The maximum absolute atomic E-state index is 12.4. The Bertz CT molecular complexity index is 511. The standard InChI is InChI=1S/C13H16N2O3/c16-12-6-1-3-9(14-12)13(17)15-7-8-18-11-5-2-4-10(11)15/h1,3,6,10-11H,2,4-5,7-8H2,(H,14,16). The molecule has 18 heavy (non-hydrogen) atoms. The van der Waals surface area contributed by atoms with Crippen LogP contribution in [0.1, 0.15) is 29.8 Å². The number of ether oxygens (including phenoxy) is 1. The lowest BCUT2D eigenvalue weighted by molar-refractivity contribution is -0.0447. The molecule has 1 aromatic heterocycles. The number of aromatic amines is 1. The lowest BCUT2D eigenvalue weighted by Gasteiger charge is -2.37. The SMILES string of the molecule is O=C(c1cccc(=O)[nH]1)N1CCOC2CCCC21. The summed E-state index contributed by atoms with van der Waals surface area (Å²) in [5.41, 5.74) is 0.132. The van der Waals surface area contributed by atoms with Crippen LogP contribution in [-0.2, 0) is 4.74 Å². The second-order valence-corrected chi connectivity index (χ2v) is 4.83. The second kappa shape index (κ2) is 4.57. The minimum atomic E-state index is -0.239. The number of amides is 1. The Balaban J connectivity index is 1.85. The van der Waals surface area contributed by atoms with E-state index in [1.807, 2.05) is 4.90 Å². The molecule has 0 bridgehead atoms. The highest BCUT2D eigenvalue weighted by Gasteiger charge is 2.38. The molecule has 0 spiro atoms. The molecular weight excluding hydrogens is 232 g/mol. The number of pyridine rings is 1. The van der Waals surface area contributed by atoms with Gasteiger partial charge >= 0.3 is 0 Å². The number of nitrogens with one attached hydrogen (secondary N) is 1. The largest absolute Gasteiger partial charge is 0.374 e. The van der Waals surface area contributed by atoms with Crippen LogP contribution in [0.4, 0.5) is 0 Å². The first-order valence-corrected chi connectivity index (χ1v) is 6.37. The predicted molar refractivity (Wildman–Crippen MR) is 65.5 cm³/mol. The molecule has 5 heteroatoms. The number of hydrogen-bond donors (Lipinski definition) is 1. The van der Waals surface area contributed by atoms with Gasteiger partial charge in [-0.1, -0.05) is 6.07 Å². The Hall–Kier alpha value is -1.62. The van der Waals surface area contributed by atoms with Gasteiger partial charge in [-0.05, 0) is 25.3 Å². The molecule has 2 fully saturated rings. The van der Waals surface area contributed by atoms with Crippen molar-refractivity contribution in [2.75, 3.05) is 13.2 Å². The molecule has 1 aliphatic carbocycles. The molecule has 3 rings (SSSR count). The summed E-state index contributed by atoms with van der Waals surface area (Å²) in [5, 5.41) is 0. The molecule has 1 saturated heterocycles. The van der Waals surface area contributed by atoms with E-state index in [4.69, 9.17) is 4.74 Å². The molecule has 0 aromatic carbocycles. The monoisotopic (exact) mass is 248 g/mol. The van der Waals surface area contributed by atoms with E-state index < -0.39 is 0 Å². The van der Waals surface area contributed by atoms with Crippen LogP contribution in [0, 0.1) is 0 Å². The molecule has 5 nitrogen and oxygen atoms in total. The number of morpholine rings is 1. The Morgan fingerprint density at radius 3 is 3.11 bits per heavy atom. The lowest BCUT2D eigenvalue weighted by Crippen LogP contribution is -2.51. The fourth-order valence-corrected chi connectivity index (χ4v) is 2.91. The van der Waals surface area contributed by atoms with Gasteiger partial charge in [0.25, 0.3) is 5.91 Å². The maximum Gasteiger partial charge on any atom is 0.270 e. The van der Waals surface area contributed by atoms with E-state index in [9.17, 15) is 9.59 Å². The zero-order valence-corrected chi connectivity index (χ0v) is 10.1. The van der Waals surface area contributed by atoms with Crippen LogP contribution in [0.25, 0.3) is 0 Å². The van der Waals surface area contributed by atoms with Gasteiger partial charge < -0.3 is 14.6 Å². The van der Waals surface area contributed by atoms with Crippen LogP contribution in [0.5, 0.6) is 0 Å². The topological polar surface area (TPSA) is 62.4 Å². The van der Waals surface area contributed by atoms with Crippen molar-refractivity contribution in [2.24, 2.45) is 0 Å². The molecule has 2 aliphatic rings. The van der Waals surface area contributed by atoms with Crippen molar-refractivity contribution in [1.82, 2.24) is 9.88 Å². The van der Waals surface area contributed by atoms with Gasteiger partial charge in [0.2, 0.25) is 5.56 Å². The summed E-state index contributed by atoms with van der Waals surface area (Å²) in [7, 11) is 0. The highest BCUT2D eigenvalue weighted by atomic mass is 16.5. The van der Waals surface area contributed by atoms with E-state index in [0.29, 0.717) is 18.8 Å². The van der Waals surface area contributed by atoms with E-state index in [-0.39, 0.29) is 23.6 Å². The molecule has 1 amide bonds. The number of hydrogen-bond acceptors (Lipinski definition) is 3. The molecule has 2 unspecified atom stereocenters. The molecule has 96 valence electrons. The van der Waals surface area contributed by atoms with Gasteiger partial charge in [-0.2, -0.15) is 0 Å². The Morgan fingerprint density at radius 2 is 2.28 bits per heavy atom. The number of nitrogens with zero attached hydrogens (tertiary/aromatic N) is 1. The fourth-order valence-electron chi connectivity index (χ4n) is 2.91. The molecule has 1 aliphatic heterocycles.